The Labute approximate surface area is 117 Å². The Hall–Kier alpha value is -0.520. The normalized spacial score (nSPS) is 13.2. The summed E-state index contributed by atoms with van der Waals surface area (Å²) in [4.78, 5) is 5.75. The van der Waals surface area contributed by atoms with Crippen LogP contribution in [-0.4, -0.2) is 33.5 Å². The van der Waals surface area contributed by atoms with Crippen LogP contribution in [0.25, 0.3) is 4.96 Å². The second kappa shape index (κ2) is 7.16. The predicted molar refractivity (Wildman–Crippen MR) is 81.9 cm³/mol. The minimum atomic E-state index is 0.538. The molecule has 0 saturated heterocycles. The fourth-order valence-corrected chi connectivity index (χ4v) is 3.67. The minimum absolute atomic E-state index is 0.538. The number of imidazole rings is 1. The van der Waals surface area contributed by atoms with Gasteiger partial charge in [-0.15, -0.1) is 11.3 Å². The van der Waals surface area contributed by atoms with E-state index in [-0.39, 0.29) is 0 Å². The topological polar surface area (TPSA) is 29.3 Å². The van der Waals surface area contributed by atoms with E-state index >= 15 is 0 Å². The maximum Gasteiger partial charge on any atom is 0.193 e. The third-order valence-corrected chi connectivity index (χ3v) is 4.86. The molecule has 0 spiro atoms. The molecule has 0 aliphatic rings. The van der Waals surface area contributed by atoms with Gasteiger partial charge in [-0.3, -0.25) is 4.40 Å². The lowest BCUT2D eigenvalue weighted by Crippen LogP contribution is -2.33. The molecule has 2 aromatic heterocycles. The fourth-order valence-electron chi connectivity index (χ4n) is 1.98. The van der Waals surface area contributed by atoms with E-state index in [4.69, 9.17) is 0 Å². The summed E-state index contributed by atoms with van der Waals surface area (Å²) < 4.78 is 2.11. The second-order valence-corrected chi connectivity index (χ2v) is 6.38. The molecule has 3 nitrogen and oxygen atoms in total. The number of thiazole rings is 1. The molecule has 0 aromatic carbocycles. The summed E-state index contributed by atoms with van der Waals surface area (Å²) >= 11 is 3.73. The van der Waals surface area contributed by atoms with Crippen LogP contribution in [0.5, 0.6) is 0 Å². The molecule has 2 rings (SSSR count). The molecular weight excluding hydrogens is 262 g/mol. The van der Waals surface area contributed by atoms with Crippen LogP contribution in [0, 0.1) is 0 Å². The molecule has 1 atom stereocenters. The molecule has 2 aromatic rings. The zero-order valence-corrected chi connectivity index (χ0v) is 12.7. The van der Waals surface area contributed by atoms with Gasteiger partial charge in [0.1, 0.15) is 0 Å². The molecule has 1 N–H and O–H groups in total. The van der Waals surface area contributed by atoms with Gasteiger partial charge in [0, 0.05) is 36.0 Å². The number of hydrogen-bond acceptors (Lipinski definition) is 4. The van der Waals surface area contributed by atoms with Crippen molar-refractivity contribution in [2.45, 2.75) is 32.7 Å². The first-order valence-corrected chi connectivity index (χ1v) is 8.59. The molecule has 0 amide bonds. The van der Waals surface area contributed by atoms with E-state index < -0.39 is 0 Å². The SMILES string of the molecule is CCCSCC(Cc1cn2ccsc2n1)NCC. The van der Waals surface area contributed by atoms with E-state index in [2.05, 4.69) is 46.3 Å². The van der Waals surface area contributed by atoms with E-state index in [0.29, 0.717) is 6.04 Å². The van der Waals surface area contributed by atoms with Crippen molar-refractivity contribution in [3.05, 3.63) is 23.5 Å². The van der Waals surface area contributed by atoms with Gasteiger partial charge in [-0.2, -0.15) is 11.8 Å². The lowest BCUT2D eigenvalue weighted by molar-refractivity contribution is 0.568. The quantitative estimate of drug-likeness (QED) is 0.755. The van der Waals surface area contributed by atoms with Gasteiger partial charge in [-0.25, -0.2) is 4.98 Å². The molecule has 2 heterocycles. The number of thioether (sulfide) groups is 1. The van der Waals surface area contributed by atoms with Crippen LogP contribution in [0.3, 0.4) is 0 Å². The monoisotopic (exact) mass is 283 g/mol. The largest absolute Gasteiger partial charge is 0.313 e. The van der Waals surface area contributed by atoms with Gasteiger partial charge >= 0.3 is 0 Å². The maximum atomic E-state index is 4.66. The molecule has 0 aliphatic heterocycles. The summed E-state index contributed by atoms with van der Waals surface area (Å²) in [6, 6.07) is 0.538. The summed E-state index contributed by atoms with van der Waals surface area (Å²) in [5.41, 5.74) is 1.20. The highest BCUT2D eigenvalue weighted by molar-refractivity contribution is 7.99. The van der Waals surface area contributed by atoms with Crippen molar-refractivity contribution in [2.24, 2.45) is 0 Å². The molecule has 0 radical (unpaired) electrons. The van der Waals surface area contributed by atoms with Gasteiger partial charge in [-0.05, 0) is 18.7 Å². The number of aromatic nitrogens is 2. The Morgan fingerprint density at radius 3 is 3.11 bits per heavy atom. The summed E-state index contributed by atoms with van der Waals surface area (Å²) in [6.45, 7) is 5.43. The summed E-state index contributed by atoms with van der Waals surface area (Å²) in [5.74, 6) is 2.42. The van der Waals surface area contributed by atoms with Crippen molar-refractivity contribution in [3.8, 4) is 0 Å². The lowest BCUT2D eigenvalue weighted by Gasteiger charge is -2.16. The van der Waals surface area contributed by atoms with E-state index in [0.717, 1.165) is 17.9 Å². The van der Waals surface area contributed by atoms with Crippen molar-refractivity contribution >= 4 is 28.1 Å². The molecule has 1 unspecified atom stereocenters. The van der Waals surface area contributed by atoms with Gasteiger partial charge in [-0.1, -0.05) is 13.8 Å². The van der Waals surface area contributed by atoms with Crippen LogP contribution >= 0.6 is 23.1 Å². The first kappa shape index (κ1) is 13.9. The van der Waals surface area contributed by atoms with Crippen molar-refractivity contribution < 1.29 is 0 Å². The molecule has 18 heavy (non-hydrogen) atoms. The van der Waals surface area contributed by atoms with Gasteiger partial charge in [0.25, 0.3) is 0 Å². The molecule has 0 fully saturated rings. The van der Waals surface area contributed by atoms with Gasteiger partial charge in [0.2, 0.25) is 0 Å². The predicted octanol–water partition coefficient (Wildman–Crippen LogP) is 3.06. The first-order valence-electron chi connectivity index (χ1n) is 6.55. The van der Waals surface area contributed by atoms with Crippen molar-refractivity contribution in [1.82, 2.24) is 14.7 Å². The average molecular weight is 283 g/mol. The summed E-state index contributed by atoms with van der Waals surface area (Å²) in [7, 11) is 0. The van der Waals surface area contributed by atoms with Crippen LogP contribution in [-0.2, 0) is 6.42 Å². The molecule has 0 saturated carbocycles. The van der Waals surface area contributed by atoms with Gasteiger partial charge in [0.15, 0.2) is 4.96 Å². The van der Waals surface area contributed by atoms with Crippen molar-refractivity contribution in [2.75, 3.05) is 18.1 Å². The van der Waals surface area contributed by atoms with Crippen molar-refractivity contribution in [3.63, 3.8) is 0 Å². The smallest absolute Gasteiger partial charge is 0.193 e. The number of hydrogen-bond donors (Lipinski definition) is 1. The van der Waals surface area contributed by atoms with Crippen LogP contribution in [0.2, 0.25) is 0 Å². The van der Waals surface area contributed by atoms with Crippen molar-refractivity contribution in [1.29, 1.82) is 0 Å². The summed E-state index contributed by atoms with van der Waals surface area (Å²) in [6.07, 6.45) is 6.51. The van der Waals surface area contributed by atoms with Crippen LogP contribution < -0.4 is 5.32 Å². The minimum Gasteiger partial charge on any atom is -0.313 e. The van der Waals surface area contributed by atoms with E-state index in [9.17, 15) is 0 Å². The molecule has 100 valence electrons. The van der Waals surface area contributed by atoms with Gasteiger partial charge in [0.05, 0.1) is 5.69 Å². The average Bonchev–Trinajstić information content (AvgIpc) is 2.90. The van der Waals surface area contributed by atoms with Crippen LogP contribution in [0.15, 0.2) is 17.8 Å². The second-order valence-electron chi connectivity index (χ2n) is 4.36. The standard InChI is InChI=1S/C13H21N3S2/c1-3-6-17-10-12(14-4-2)8-11-9-16-5-7-18-13(16)15-11/h5,7,9,12,14H,3-4,6,8,10H2,1-2H3. The lowest BCUT2D eigenvalue weighted by atomic mass is 10.2. The number of nitrogens with zero attached hydrogens (tertiary/aromatic N) is 2. The first-order chi connectivity index (χ1) is 8.83. The highest BCUT2D eigenvalue weighted by Crippen LogP contribution is 2.14. The number of rotatable bonds is 8. The maximum absolute atomic E-state index is 4.66. The highest BCUT2D eigenvalue weighted by atomic mass is 32.2. The third-order valence-electron chi connectivity index (χ3n) is 2.76. The van der Waals surface area contributed by atoms with Crippen LogP contribution in [0.4, 0.5) is 0 Å². The van der Waals surface area contributed by atoms with E-state index in [1.807, 2.05) is 11.8 Å². The number of fused-ring (bicyclic) bond motifs is 1. The summed E-state index contributed by atoms with van der Waals surface area (Å²) in [5, 5.41) is 5.63. The van der Waals surface area contributed by atoms with Crippen LogP contribution in [0.1, 0.15) is 26.0 Å². The molecule has 0 bridgehead atoms. The zero-order chi connectivity index (χ0) is 12.8. The number of likely N-dealkylation sites (N-methyl/N-ethyl adjacent to an activating group) is 1. The molecule has 0 aliphatic carbocycles. The zero-order valence-electron chi connectivity index (χ0n) is 11.1. The third kappa shape index (κ3) is 3.73. The Morgan fingerprint density at radius 2 is 2.39 bits per heavy atom. The fraction of sp³-hybridized carbons (Fsp3) is 0.615. The Kier molecular flexibility index (Phi) is 5.53. The Morgan fingerprint density at radius 1 is 1.50 bits per heavy atom. The van der Waals surface area contributed by atoms with Gasteiger partial charge < -0.3 is 5.32 Å². The molecule has 5 heteroatoms. The van der Waals surface area contributed by atoms with E-state index in [1.165, 1.54) is 23.6 Å². The Balaban J connectivity index is 1.92. The molecular formula is C13H21N3S2. The highest BCUT2D eigenvalue weighted by Gasteiger charge is 2.11. The van der Waals surface area contributed by atoms with E-state index in [1.54, 1.807) is 11.3 Å². The Bertz CT molecular complexity index is 435. The number of nitrogens with one attached hydrogen (secondary N) is 1.